The van der Waals surface area contributed by atoms with Gasteiger partial charge in [0.25, 0.3) is 0 Å². The van der Waals surface area contributed by atoms with Gasteiger partial charge >= 0.3 is 5.97 Å². The van der Waals surface area contributed by atoms with Crippen molar-refractivity contribution in [2.45, 2.75) is 26.7 Å². The van der Waals surface area contributed by atoms with Crippen LogP contribution in [0.15, 0.2) is 48.5 Å². The average molecular weight is 401 g/mol. The van der Waals surface area contributed by atoms with Gasteiger partial charge in [0.2, 0.25) is 5.91 Å². The van der Waals surface area contributed by atoms with Gasteiger partial charge in [-0.1, -0.05) is 29.8 Å². The molecule has 0 saturated carbocycles. The molecule has 0 atom stereocenters. The first kappa shape index (κ1) is 21.4. The van der Waals surface area contributed by atoms with E-state index in [0.29, 0.717) is 24.3 Å². The standard InChI is InChI=1S/C21H24N2O4S/c1-3-26-20(25)17-7-4-5-8-18(17)22-21(28)23-19(24)9-6-14-27-16-12-10-15(2)11-13-16/h4-5,7-8,10-13H,3,6,9,14H2,1-2H3,(H2,22,23,24,28). The van der Waals surface area contributed by atoms with E-state index in [1.54, 1.807) is 31.2 Å². The number of ether oxygens (including phenoxy) is 2. The van der Waals surface area contributed by atoms with Gasteiger partial charge in [0.1, 0.15) is 5.75 Å². The highest BCUT2D eigenvalue weighted by molar-refractivity contribution is 7.80. The Morgan fingerprint density at radius 3 is 2.50 bits per heavy atom. The first-order chi connectivity index (χ1) is 13.5. The van der Waals surface area contributed by atoms with Gasteiger partial charge < -0.3 is 20.1 Å². The lowest BCUT2D eigenvalue weighted by Crippen LogP contribution is -2.34. The van der Waals surface area contributed by atoms with Crippen LogP contribution < -0.4 is 15.4 Å². The number of nitrogens with one attached hydrogen (secondary N) is 2. The average Bonchev–Trinajstić information content (AvgIpc) is 2.67. The molecule has 2 aromatic carbocycles. The maximum Gasteiger partial charge on any atom is 0.340 e. The topological polar surface area (TPSA) is 76.7 Å². The quantitative estimate of drug-likeness (QED) is 0.398. The molecule has 28 heavy (non-hydrogen) atoms. The van der Waals surface area contributed by atoms with Crippen molar-refractivity contribution in [1.29, 1.82) is 0 Å². The van der Waals surface area contributed by atoms with E-state index in [0.717, 1.165) is 11.3 Å². The Balaban J connectivity index is 1.76. The first-order valence-corrected chi connectivity index (χ1v) is 9.47. The van der Waals surface area contributed by atoms with E-state index < -0.39 is 5.97 Å². The fourth-order valence-electron chi connectivity index (χ4n) is 2.38. The van der Waals surface area contributed by atoms with Gasteiger partial charge in [0, 0.05) is 6.42 Å². The smallest absolute Gasteiger partial charge is 0.340 e. The molecular formula is C21H24N2O4S. The highest BCUT2D eigenvalue weighted by Gasteiger charge is 2.13. The molecule has 2 aromatic rings. The van der Waals surface area contributed by atoms with Gasteiger partial charge in [-0.25, -0.2) is 4.79 Å². The molecule has 0 unspecified atom stereocenters. The predicted octanol–water partition coefficient (Wildman–Crippen LogP) is 3.84. The van der Waals surface area contributed by atoms with Gasteiger partial charge in [0.05, 0.1) is 24.5 Å². The molecule has 0 aliphatic heterocycles. The first-order valence-electron chi connectivity index (χ1n) is 9.06. The highest BCUT2D eigenvalue weighted by atomic mass is 32.1. The minimum Gasteiger partial charge on any atom is -0.494 e. The van der Waals surface area contributed by atoms with Crippen molar-refractivity contribution in [2.24, 2.45) is 0 Å². The normalized spacial score (nSPS) is 10.1. The van der Waals surface area contributed by atoms with Gasteiger partial charge in [0.15, 0.2) is 5.11 Å². The van der Waals surface area contributed by atoms with E-state index in [2.05, 4.69) is 10.6 Å². The second-order valence-corrected chi connectivity index (χ2v) is 6.44. The zero-order chi connectivity index (χ0) is 20.4. The van der Waals surface area contributed by atoms with Crippen molar-refractivity contribution in [1.82, 2.24) is 5.32 Å². The predicted molar refractivity (Wildman–Crippen MR) is 113 cm³/mol. The summed E-state index contributed by atoms with van der Waals surface area (Å²) in [4.78, 5) is 24.0. The molecule has 148 valence electrons. The zero-order valence-electron chi connectivity index (χ0n) is 16.0. The maximum atomic E-state index is 12.0. The van der Waals surface area contributed by atoms with Crippen LogP contribution in [-0.2, 0) is 9.53 Å². The number of carbonyl (C=O) groups is 2. The third kappa shape index (κ3) is 7.00. The van der Waals surface area contributed by atoms with Gasteiger partial charge in [-0.05, 0) is 56.8 Å². The van der Waals surface area contributed by atoms with Crippen LogP contribution >= 0.6 is 12.2 Å². The number of amides is 1. The van der Waals surface area contributed by atoms with Crippen LogP contribution in [-0.4, -0.2) is 30.2 Å². The van der Waals surface area contributed by atoms with Crippen LogP contribution in [0.5, 0.6) is 5.75 Å². The molecule has 0 aliphatic rings. The largest absolute Gasteiger partial charge is 0.494 e. The molecule has 2 rings (SSSR count). The number of hydrogen-bond acceptors (Lipinski definition) is 5. The van der Waals surface area contributed by atoms with Crippen LogP contribution in [0.25, 0.3) is 0 Å². The van der Waals surface area contributed by atoms with E-state index in [1.807, 2.05) is 31.2 Å². The monoisotopic (exact) mass is 400 g/mol. The third-order valence-corrected chi connectivity index (χ3v) is 3.97. The summed E-state index contributed by atoms with van der Waals surface area (Å²) < 4.78 is 10.6. The highest BCUT2D eigenvalue weighted by Crippen LogP contribution is 2.16. The Bertz CT molecular complexity index is 821. The van der Waals surface area contributed by atoms with Crippen molar-refractivity contribution in [3.8, 4) is 5.75 Å². The molecular weight excluding hydrogens is 376 g/mol. The lowest BCUT2D eigenvalue weighted by molar-refractivity contribution is -0.119. The number of carbonyl (C=O) groups excluding carboxylic acids is 2. The van der Waals surface area contributed by atoms with E-state index in [9.17, 15) is 9.59 Å². The van der Waals surface area contributed by atoms with E-state index in [4.69, 9.17) is 21.7 Å². The molecule has 0 saturated heterocycles. The zero-order valence-corrected chi connectivity index (χ0v) is 16.8. The lowest BCUT2D eigenvalue weighted by Gasteiger charge is -2.13. The SMILES string of the molecule is CCOC(=O)c1ccccc1NC(=S)NC(=O)CCCOc1ccc(C)cc1. The number of benzene rings is 2. The minimum absolute atomic E-state index is 0.126. The molecule has 0 aliphatic carbocycles. The van der Waals surface area contributed by atoms with Crippen LogP contribution in [0.4, 0.5) is 5.69 Å². The summed E-state index contributed by atoms with van der Waals surface area (Å²) in [6.07, 6.45) is 0.828. The lowest BCUT2D eigenvalue weighted by atomic mass is 10.2. The van der Waals surface area contributed by atoms with E-state index in [-0.39, 0.29) is 24.0 Å². The summed E-state index contributed by atoms with van der Waals surface area (Å²) in [6, 6.07) is 14.6. The fraction of sp³-hybridized carbons (Fsp3) is 0.286. The molecule has 0 heterocycles. The molecule has 0 bridgehead atoms. The van der Waals surface area contributed by atoms with Crippen molar-refractivity contribution in [3.63, 3.8) is 0 Å². The van der Waals surface area contributed by atoms with E-state index in [1.165, 1.54) is 0 Å². The third-order valence-electron chi connectivity index (χ3n) is 3.76. The number of thiocarbonyl (C=S) groups is 1. The minimum atomic E-state index is -0.451. The van der Waals surface area contributed by atoms with Crippen LogP contribution in [0, 0.1) is 6.92 Å². The Morgan fingerprint density at radius 1 is 1.07 bits per heavy atom. The molecule has 0 aromatic heterocycles. The number of rotatable bonds is 8. The molecule has 0 radical (unpaired) electrons. The molecule has 6 nitrogen and oxygen atoms in total. The fourth-order valence-corrected chi connectivity index (χ4v) is 2.60. The molecule has 1 amide bonds. The Kier molecular flexibility index (Phi) is 8.42. The van der Waals surface area contributed by atoms with Crippen molar-refractivity contribution < 1.29 is 19.1 Å². The summed E-state index contributed by atoms with van der Waals surface area (Å²) in [5, 5.41) is 5.60. The summed E-state index contributed by atoms with van der Waals surface area (Å²) in [5.41, 5.74) is 2.00. The van der Waals surface area contributed by atoms with Crippen LogP contribution in [0.1, 0.15) is 35.7 Å². The maximum absolute atomic E-state index is 12.0. The van der Waals surface area contributed by atoms with Crippen molar-refractivity contribution in [3.05, 3.63) is 59.7 Å². The van der Waals surface area contributed by atoms with Crippen LogP contribution in [0.3, 0.4) is 0 Å². The number of anilines is 1. The Morgan fingerprint density at radius 2 is 1.79 bits per heavy atom. The number of esters is 1. The Labute approximate surface area is 170 Å². The molecule has 0 fully saturated rings. The molecule has 7 heteroatoms. The second-order valence-electron chi connectivity index (χ2n) is 6.03. The van der Waals surface area contributed by atoms with Gasteiger partial charge in [-0.3, -0.25) is 4.79 Å². The summed E-state index contributed by atoms with van der Waals surface area (Å²) in [7, 11) is 0. The van der Waals surface area contributed by atoms with E-state index >= 15 is 0 Å². The van der Waals surface area contributed by atoms with Gasteiger partial charge in [-0.15, -0.1) is 0 Å². The van der Waals surface area contributed by atoms with Crippen LogP contribution in [0.2, 0.25) is 0 Å². The second kappa shape index (κ2) is 11.0. The summed E-state index contributed by atoms with van der Waals surface area (Å²) in [6.45, 7) is 4.46. The Hall–Kier alpha value is -2.93. The van der Waals surface area contributed by atoms with Crippen molar-refractivity contribution in [2.75, 3.05) is 18.5 Å². The number of aryl methyl sites for hydroxylation is 1. The van der Waals surface area contributed by atoms with Crippen molar-refractivity contribution >= 4 is 34.9 Å². The molecule has 0 spiro atoms. The summed E-state index contributed by atoms with van der Waals surface area (Å²) in [5.74, 6) is 0.102. The summed E-state index contributed by atoms with van der Waals surface area (Å²) >= 11 is 5.16. The van der Waals surface area contributed by atoms with Gasteiger partial charge in [-0.2, -0.15) is 0 Å². The number of para-hydroxylation sites is 1. The molecule has 2 N–H and O–H groups in total. The number of hydrogen-bond donors (Lipinski definition) is 2.